The molecular formula is C31H37N2+. The van der Waals surface area contributed by atoms with E-state index in [2.05, 4.69) is 95.5 Å². The summed E-state index contributed by atoms with van der Waals surface area (Å²) in [7, 11) is 2.16. The first kappa shape index (κ1) is 21.9. The molecule has 0 unspecified atom stereocenters. The van der Waals surface area contributed by atoms with E-state index >= 15 is 0 Å². The Morgan fingerprint density at radius 3 is 2.30 bits per heavy atom. The van der Waals surface area contributed by atoms with Crippen LogP contribution in [0.5, 0.6) is 0 Å². The van der Waals surface area contributed by atoms with Gasteiger partial charge in [0.05, 0.1) is 0 Å². The minimum Gasteiger partial charge on any atom is -0.337 e. The highest BCUT2D eigenvalue weighted by molar-refractivity contribution is 5.87. The molecule has 1 aliphatic carbocycles. The third-order valence-corrected chi connectivity index (χ3v) is 7.52. The molecule has 1 fully saturated rings. The molecule has 0 spiro atoms. The highest BCUT2D eigenvalue weighted by atomic mass is 15.1. The first-order valence-electron chi connectivity index (χ1n) is 12.9. The molecule has 33 heavy (non-hydrogen) atoms. The van der Waals surface area contributed by atoms with Gasteiger partial charge in [0.15, 0.2) is 6.20 Å². The number of pyridine rings is 1. The maximum atomic E-state index is 2.53. The quantitative estimate of drug-likeness (QED) is 0.199. The molecule has 0 aliphatic heterocycles. The standard InChI is InChI=1S/C31H37N2/c1-32-24-30(23-28-17-9-10-18-31(28)32)33(21-11-3-6-14-25-12-4-2-5-13-25)29-20-19-26-15-7-8-16-27(26)22-29/h7-10,15-20,22-25H,2-6,11-14,21H2,1H3/q+1. The highest BCUT2D eigenvalue weighted by Crippen LogP contribution is 2.31. The lowest BCUT2D eigenvalue weighted by atomic mass is 9.85. The van der Waals surface area contributed by atoms with Gasteiger partial charge in [-0.2, -0.15) is 4.57 Å². The fraction of sp³-hybridized carbons (Fsp3) is 0.387. The molecule has 0 bridgehead atoms. The molecule has 3 aromatic carbocycles. The van der Waals surface area contributed by atoms with Crippen molar-refractivity contribution >= 4 is 33.1 Å². The molecule has 2 heteroatoms. The van der Waals surface area contributed by atoms with Crippen LogP contribution in [-0.4, -0.2) is 6.54 Å². The van der Waals surface area contributed by atoms with E-state index in [1.165, 1.54) is 90.8 Å². The van der Waals surface area contributed by atoms with E-state index in [0.717, 1.165) is 12.5 Å². The van der Waals surface area contributed by atoms with E-state index < -0.39 is 0 Å². The van der Waals surface area contributed by atoms with E-state index in [0.29, 0.717) is 0 Å². The summed E-state index contributed by atoms with van der Waals surface area (Å²) in [6.45, 7) is 1.06. The average Bonchev–Trinajstić information content (AvgIpc) is 2.86. The van der Waals surface area contributed by atoms with Crippen LogP contribution in [-0.2, 0) is 7.05 Å². The number of para-hydroxylation sites is 1. The van der Waals surface area contributed by atoms with Crippen LogP contribution < -0.4 is 9.47 Å². The normalized spacial score (nSPS) is 14.7. The first-order valence-corrected chi connectivity index (χ1v) is 12.9. The largest absolute Gasteiger partial charge is 0.337 e. The Morgan fingerprint density at radius 2 is 1.45 bits per heavy atom. The number of rotatable bonds is 8. The van der Waals surface area contributed by atoms with Crippen LogP contribution in [0.4, 0.5) is 11.4 Å². The molecule has 2 nitrogen and oxygen atoms in total. The van der Waals surface area contributed by atoms with Gasteiger partial charge in [-0.05, 0) is 47.4 Å². The van der Waals surface area contributed by atoms with Crippen LogP contribution in [0.3, 0.4) is 0 Å². The van der Waals surface area contributed by atoms with Gasteiger partial charge in [-0.15, -0.1) is 0 Å². The summed E-state index contributed by atoms with van der Waals surface area (Å²) in [4.78, 5) is 2.53. The molecule has 170 valence electrons. The van der Waals surface area contributed by atoms with Crippen molar-refractivity contribution in [2.45, 2.75) is 57.8 Å². The lowest BCUT2D eigenvalue weighted by Crippen LogP contribution is -2.31. The van der Waals surface area contributed by atoms with Crippen LogP contribution in [0.15, 0.2) is 79.0 Å². The fourth-order valence-corrected chi connectivity index (χ4v) is 5.65. The maximum Gasteiger partial charge on any atom is 0.212 e. The summed E-state index contributed by atoms with van der Waals surface area (Å²) >= 11 is 0. The zero-order chi connectivity index (χ0) is 22.5. The lowest BCUT2D eigenvalue weighted by Gasteiger charge is -2.25. The van der Waals surface area contributed by atoms with Crippen molar-refractivity contribution in [3.05, 3.63) is 79.0 Å². The van der Waals surface area contributed by atoms with Gasteiger partial charge in [-0.1, -0.05) is 93.8 Å². The number of hydrogen-bond acceptors (Lipinski definition) is 1. The molecule has 0 N–H and O–H groups in total. The van der Waals surface area contributed by atoms with Crippen LogP contribution in [0, 0.1) is 5.92 Å². The van der Waals surface area contributed by atoms with Gasteiger partial charge in [-0.25, -0.2) is 0 Å². The summed E-state index contributed by atoms with van der Waals surface area (Å²) in [6, 6.07) is 26.6. The third kappa shape index (κ3) is 5.21. The molecule has 4 aromatic rings. The molecule has 0 saturated heterocycles. The van der Waals surface area contributed by atoms with Gasteiger partial charge in [0.2, 0.25) is 5.52 Å². The van der Waals surface area contributed by atoms with Gasteiger partial charge < -0.3 is 4.90 Å². The molecule has 0 radical (unpaired) electrons. The zero-order valence-corrected chi connectivity index (χ0v) is 20.0. The van der Waals surface area contributed by atoms with Crippen molar-refractivity contribution in [3.8, 4) is 0 Å². The second kappa shape index (κ2) is 10.4. The van der Waals surface area contributed by atoms with Crippen LogP contribution in [0.2, 0.25) is 0 Å². The van der Waals surface area contributed by atoms with E-state index in [9.17, 15) is 0 Å². The average molecular weight is 438 g/mol. The Hall–Kier alpha value is -2.87. The van der Waals surface area contributed by atoms with Crippen molar-refractivity contribution in [1.29, 1.82) is 0 Å². The Balaban J connectivity index is 1.37. The van der Waals surface area contributed by atoms with Crippen LogP contribution >= 0.6 is 0 Å². The Morgan fingerprint density at radius 1 is 0.727 bits per heavy atom. The van der Waals surface area contributed by atoms with Gasteiger partial charge in [-0.3, -0.25) is 0 Å². The van der Waals surface area contributed by atoms with Gasteiger partial charge in [0.1, 0.15) is 12.7 Å². The summed E-state index contributed by atoms with van der Waals surface area (Å²) in [5, 5.41) is 3.90. The fourth-order valence-electron chi connectivity index (χ4n) is 5.65. The first-order chi connectivity index (χ1) is 16.3. The smallest absolute Gasteiger partial charge is 0.212 e. The summed E-state index contributed by atoms with van der Waals surface area (Å²) < 4.78 is 2.27. The number of hydrogen-bond donors (Lipinski definition) is 0. The van der Waals surface area contributed by atoms with E-state index in [1.807, 2.05) is 0 Å². The molecule has 0 amide bonds. The van der Waals surface area contributed by atoms with Gasteiger partial charge >= 0.3 is 0 Å². The van der Waals surface area contributed by atoms with Crippen molar-refractivity contribution in [2.24, 2.45) is 13.0 Å². The van der Waals surface area contributed by atoms with Crippen molar-refractivity contribution in [2.75, 3.05) is 11.4 Å². The number of aromatic nitrogens is 1. The second-order valence-corrected chi connectivity index (χ2v) is 9.90. The summed E-state index contributed by atoms with van der Waals surface area (Å²) in [6.07, 6.45) is 15.0. The second-order valence-electron chi connectivity index (χ2n) is 9.90. The SMILES string of the molecule is C[n+]1cc(N(CCCCCC2CCCCC2)c2ccc3ccccc3c2)cc2ccccc21. The number of anilines is 2. The number of nitrogens with zero attached hydrogens (tertiary/aromatic N) is 2. The number of unbranched alkanes of at least 4 members (excludes halogenated alkanes) is 2. The van der Waals surface area contributed by atoms with Crippen LogP contribution in [0.1, 0.15) is 57.8 Å². The van der Waals surface area contributed by atoms with Gasteiger partial charge in [0.25, 0.3) is 0 Å². The third-order valence-electron chi connectivity index (χ3n) is 7.52. The molecule has 1 aliphatic rings. The number of benzene rings is 3. The maximum absolute atomic E-state index is 2.53. The monoisotopic (exact) mass is 437 g/mol. The molecule has 0 atom stereocenters. The van der Waals surface area contributed by atoms with E-state index in [-0.39, 0.29) is 0 Å². The Kier molecular flexibility index (Phi) is 6.90. The Labute approximate surface area is 198 Å². The molecule has 1 aromatic heterocycles. The minimum atomic E-state index is 0.995. The molecular weight excluding hydrogens is 400 g/mol. The zero-order valence-electron chi connectivity index (χ0n) is 20.0. The van der Waals surface area contributed by atoms with E-state index in [4.69, 9.17) is 0 Å². The predicted octanol–water partition coefficient (Wildman–Crippen LogP) is 8.10. The van der Waals surface area contributed by atoms with Crippen molar-refractivity contribution in [3.63, 3.8) is 0 Å². The molecule has 1 saturated carbocycles. The van der Waals surface area contributed by atoms with Crippen molar-refractivity contribution < 1.29 is 4.57 Å². The minimum absolute atomic E-state index is 0.995. The van der Waals surface area contributed by atoms with Crippen molar-refractivity contribution in [1.82, 2.24) is 0 Å². The van der Waals surface area contributed by atoms with Crippen LogP contribution in [0.25, 0.3) is 21.7 Å². The summed E-state index contributed by atoms with van der Waals surface area (Å²) in [5.41, 5.74) is 3.84. The summed E-state index contributed by atoms with van der Waals surface area (Å²) in [5.74, 6) is 0.995. The topological polar surface area (TPSA) is 7.12 Å². The lowest BCUT2D eigenvalue weighted by molar-refractivity contribution is -0.644. The number of aryl methyl sites for hydroxylation is 1. The van der Waals surface area contributed by atoms with E-state index in [1.54, 1.807) is 0 Å². The molecule has 5 rings (SSSR count). The van der Waals surface area contributed by atoms with Gasteiger partial charge in [0, 0.05) is 23.7 Å². The highest BCUT2D eigenvalue weighted by Gasteiger charge is 2.16. The predicted molar refractivity (Wildman–Crippen MR) is 141 cm³/mol. The number of fused-ring (bicyclic) bond motifs is 2. The molecule has 1 heterocycles. The Bertz CT molecular complexity index is 1210.